The average Bonchev–Trinajstić information content (AvgIpc) is 3.07. The fourth-order valence-corrected chi connectivity index (χ4v) is 3.71. The highest BCUT2D eigenvalue weighted by Gasteiger charge is 2.14. The molecule has 5 nitrogen and oxygen atoms in total. The number of hydrogen-bond acceptors (Lipinski definition) is 4. The zero-order valence-corrected chi connectivity index (χ0v) is 15.3. The van der Waals surface area contributed by atoms with Crippen molar-refractivity contribution in [3.05, 3.63) is 57.8 Å². The van der Waals surface area contributed by atoms with Crippen molar-refractivity contribution in [1.82, 2.24) is 9.97 Å². The molecule has 0 fully saturated rings. The monoisotopic (exact) mass is 387 g/mol. The van der Waals surface area contributed by atoms with Gasteiger partial charge in [0.1, 0.15) is 6.33 Å². The van der Waals surface area contributed by atoms with Crippen molar-refractivity contribution in [2.24, 2.45) is 0 Å². The average molecular weight is 388 g/mol. The summed E-state index contributed by atoms with van der Waals surface area (Å²) in [5, 5.41) is 4.27. The standard InChI is InChI=1S/C19H15Cl2N3O2/c20-13-7-15-18(16(21)8-13)22-10-23-19(15)26-9-17(25)24-14-5-4-11-2-1-3-12(11)6-14/h4-8,10H,1-3,9H2,(H,24,25). The zero-order valence-electron chi connectivity index (χ0n) is 13.8. The number of fused-ring (bicyclic) bond motifs is 2. The minimum absolute atomic E-state index is 0.173. The van der Waals surface area contributed by atoms with Gasteiger partial charge < -0.3 is 10.1 Å². The molecule has 4 rings (SSSR count). The van der Waals surface area contributed by atoms with Gasteiger partial charge in [0, 0.05) is 10.7 Å². The second-order valence-electron chi connectivity index (χ2n) is 6.14. The lowest BCUT2D eigenvalue weighted by atomic mass is 10.1. The number of aryl methyl sites for hydroxylation is 2. The Morgan fingerprint density at radius 2 is 1.96 bits per heavy atom. The summed E-state index contributed by atoms with van der Waals surface area (Å²) in [6.45, 7) is -0.173. The molecular weight excluding hydrogens is 373 g/mol. The van der Waals surface area contributed by atoms with Gasteiger partial charge in [-0.2, -0.15) is 0 Å². The van der Waals surface area contributed by atoms with E-state index >= 15 is 0 Å². The van der Waals surface area contributed by atoms with Crippen molar-refractivity contribution in [3.63, 3.8) is 0 Å². The summed E-state index contributed by atoms with van der Waals surface area (Å²) in [5.74, 6) is 0.00587. The first-order valence-electron chi connectivity index (χ1n) is 8.24. The number of benzene rings is 2. The van der Waals surface area contributed by atoms with Crippen LogP contribution < -0.4 is 10.1 Å². The van der Waals surface area contributed by atoms with Crippen LogP contribution in [0.5, 0.6) is 5.88 Å². The molecule has 0 spiro atoms. The summed E-state index contributed by atoms with van der Waals surface area (Å²) in [5.41, 5.74) is 3.97. The Morgan fingerprint density at radius 3 is 2.85 bits per heavy atom. The fourth-order valence-electron chi connectivity index (χ4n) is 3.16. The van der Waals surface area contributed by atoms with Crippen LogP contribution in [0.4, 0.5) is 5.69 Å². The van der Waals surface area contributed by atoms with E-state index in [1.165, 1.54) is 23.9 Å². The third kappa shape index (κ3) is 3.45. The minimum Gasteiger partial charge on any atom is -0.467 e. The number of nitrogens with one attached hydrogen (secondary N) is 1. The third-order valence-electron chi connectivity index (χ3n) is 4.34. The number of rotatable bonds is 4. The normalized spacial score (nSPS) is 12.8. The molecule has 3 aromatic rings. The minimum atomic E-state index is -0.261. The summed E-state index contributed by atoms with van der Waals surface area (Å²) in [6, 6.07) is 9.28. The smallest absolute Gasteiger partial charge is 0.262 e. The number of anilines is 1. The van der Waals surface area contributed by atoms with Crippen LogP contribution in [0.2, 0.25) is 10.0 Å². The largest absolute Gasteiger partial charge is 0.467 e. The van der Waals surface area contributed by atoms with Gasteiger partial charge in [-0.1, -0.05) is 29.3 Å². The molecule has 0 saturated heterocycles. The van der Waals surface area contributed by atoms with Crippen LogP contribution >= 0.6 is 23.2 Å². The van der Waals surface area contributed by atoms with Crippen molar-refractivity contribution in [1.29, 1.82) is 0 Å². The molecule has 0 atom stereocenters. The molecule has 1 aromatic heterocycles. The van der Waals surface area contributed by atoms with Gasteiger partial charge >= 0.3 is 0 Å². The molecule has 1 N–H and O–H groups in total. The Bertz CT molecular complexity index is 1010. The summed E-state index contributed by atoms with van der Waals surface area (Å²) >= 11 is 12.2. The van der Waals surface area contributed by atoms with E-state index in [0.29, 0.717) is 20.9 Å². The molecule has 1 aliphatic carbocycles. The highest BCUT2D eigenvalue weighted by atomic mass is 35.5. The predicted octanol–water partition coefficient (Wildman–Crippen LogP) is 4.44. The summed E-state index contributed by atoms with van der Waals surface area (Å²) in [4.78, 5) is 20.4. The number of aromatic nitrogens is 2. The Hall–Kier alpha value is -2.37. The first kappa shape index (κ1) is 17.1. The number of carbonyl (C=O) groups is 1. The van der Waals surface area contributed by atoms with Crippen molar-refractivity contribution in [2.45, 2.75) is 19.3 Å². The molecule has 26 heavy (non-hydrogen) atoms. The molecule has 0 radical (unpaired) electrons. The van der Waals surface area contributed by atoms with Crippen LogP contribution in [0, 0.1) is 0 Å². The highest BCUT2D eigenvalue weighted by Crippen LogP contribution is 2.31. The molecule has 1 aliphatic rings. The van der Waals surface area contributed by atoms with Gasteiger partial charge in [0.25, 0.3) is 5.91 Å². The number of carbonyl (C=O) groups excluding carboxylic acids is 1. The third-order valence-corrected chi connectivity index (χ3v) is 4.85. The number of nitrogens with zero attached hydrogens (tertiary/aromatic N) is 2. The van der Waals surface area contributed by atoms with Crippen LogP contribution in [0.15, 0.2) is 36.7 Å². The van der Waals surface area contributed by atoms with E-state index in [4.69, 9.17) is 27.9 Å². The van der Waals surface area contributed by atoms with E-state index in [-0.39, 0.29) is 18.4 Å². The molecule has 1 heterocycles. The molecule has 1 amide bonds. The molecule has 0 bridgehead atoms. The Balaban J connectivity index is 1.47. The van der Waals surface area contributed by atoms with Gasteiger partial charge in [0.2, 0.25) is 5.88 Å². The Morgan fingerprint density at radius 1 is 1.12 bits per heavy atom. The van der Waals surface area contributed by atoms with Gasteiger partial charge in [-0.25, -0.2) is 9.97 Å². The lowest BCUT2D eigenvalue weighted by Crippen LogP contribution is -2.20. The van der Waals surface area contributed by atoms with Gasteiger partial charge in [-0.15, -0.1) is 0 Å². The van der Waals surface area contributed by atoms with Crippen molar-refractivity contribution in [2.75, 3.05) is 11.9 Å². The van der Waals surface area contributed by atoms with E-state index in [1.807, 2.05) is 12.1 Å². The highest BCUT2D eigenvalue weighted by molar-refractivity contribution is 6.38. The lowest BCUT2D eigenvalue weighted by Gasteiger charge is -2.10. The topological polar surface area (TPSA) is 64.1 Å². The molecule has 2 aromatic carbocycles. The van der Waals surface area contributed by atoms with E-state index < -0.39 is 0 Å². The first-order valence-corrected chi connectivity index (χ1v) is 9.00. The van der Waals surface area contributed by atoms with Crippen LogP contribution in [0.3, 0.4) is 0 Å². The van der Waals surface area contributed by atoms with Gasteiger partial charge in [0.15, 0.2) is 6.61 Å². The molecule has 0 unspecified atom stereocenters. The zero-order chi connectivity index (χ0) is 18.1. The Kier molecular flexibility index (Phi) is 4.66. The van der Waals surface area contributed by atoms with Gasteiger partial charge in [-0.05, 0) is 54.7 Å². The molecule has 7 heteroatoms. The van der Waals surface area contributed by atoms with Gasteiger partial charge in [0.05, 0.1) is 15.9 Å². The number of amides is 1. The molecule has 132 valence electrons. The maximum atomic E-state index is 12.2. The second kappa shape index (κ2) is 7.09. The summed E-state index contributed by atoms with van der Waals surface area (Å²) < 4.78 is 5.58. The van der Waals surface area contributed by atoms with E-state index in [0.717, 1.165) is 18.5 Å². The van der Waals surface area contributed by atoms with Crippen LogP contribution in [-0.4, -0.2) is 22.5 Å². The van der Waals surface area contributed by atoms with Crippen LogP contribution in [0.1, 0.15) is 17.5 Å². The molecule has 0 aliphatic heterocycles. The summed E-state index contributed by atoms with van der Waals surface area (Å²) in [7, 11) is 0. The SMILES string of the molecule is O=C(COc1ncnc2c(Cl)cc(Cl)cc12)Nc1ccc2c(c1)CCC2. The maximum absolute atomic E-state index is 12.2. The predicted molar refractivity (Wildman–Crippen MR) is 102 cm³/mol. The van der Waals surface area contributed by atoms with Crippen LogP contribution in [0.25, 0.3) is 10.9 Å². The van der Waals surface area contributed by atoms with Crippen molar-refractivity contribution < 1.29 is 9.53 Å². The Labute approximate surface area is 160 Å². The van der Waals surface area contributed by atoms with Crippen molar-refractivity contribution in [3.8, 4) is 5.88 Å². The maximum Gasteiger partial charge on any atom is 0.262 e. The van der Waals surface area contributed by atoms with E-state index in [2.05, 4.69) is 21.4 Å². The second-order valence-corrected chi connectivity index (χ2v) is 6.98. The molecular formula is C19H15Cl2N3O2. The lowest BCUT2D eigenvalue weighted by molar-refractivity contribution is -0.118. The number of hydrogen-bond donors (Lipinski definition) is 1. The van der Waals surface area contributed by atoms with E-state index in [1.54, 1.807) is 12.1 Å². The fraction of sp³-hybridized carbons (Fsp3) is 0.211. The molecule has 0 saturated carbocycles. The van der Waals surface area contributed by atoms with Gasteiger partial charge in [-0.3, -0.25) is 4.79 Å². The quantitative estimate of drug-likeness (QED) is 0.718. The van der Waals surface area contributed by atoms with Crippen LogP contribution in [-0.2, 0) is 17.6 Å². The number of halogens is 2. The first-order chi connectivity index (χ1) is 12.6. The summed E-state index contributed by atoms with van der Waals surface area (Å²) in [6.07, 6.45) is 4.68. The van der Waals surface area contributed by atoms with Crippen molar-refractivity contribution >= 4 is 45.7 Å². The number of ether oxygens (including phenoxy) is 1. The van der Waals surface area contributed by atoms with E-state index in [9.17, 15) is 4.79 Å².